The zero-order chi connectivity index (χ0) is 12.8. The highest BCUT2D eigenvalue weighted by atomic mass is 31.2. The molecule has 10 heteroatoms. The summed E-state index contributed by atoms with van der Waals surface area (Å²) in [5, 5.41) is 2.37. The Labute approximate surface area is 92.9 Å². The van der Waals surface area contributed by atoms with E-state index in [4.69, 9.17) is 25.3 Å². The standard InChI is InChI=1S/C6H16N2O6P2/c7-3-4-8-6(16(12,13)14)2-1-5-15(9,10)11/h3-4,6,8H,1-2,5,7H2,(H2,9,10,11)(H2,12,13,14). The lowest BCUT2D eigenvalue weighted by atomic mass is 10.3. The summed E-state index contributed by atoms with van der Waals surface area (Å²) in [5.41, 5.74) is 5.00. The van der Waals surface area contributed by atoms with Gasteiger partial charge in [0.15, 0.2) is 0 Å². The predicted molar refractivity (Wildman–Crippen MR) is 58.4 cm³/mol. The first kappa shape index (κ1) is 15.6. The number of hydrogen-bond acceptors (Lipinski definition) is 4. The van der Waals surface area contributed by atoms with E-state index >= 15 is 0 Å². The van der Waals surface area contributed by atoms with E-state index in [2.05, 4.69) is 5.32 Å². The van der Waals surface area contributed by atoms with E-state index in [1.807, 2.05) is 0 Å². The van der Waals surface area contributed by atoms with E-state index in [0.29, 0.717) is 0 Å². The van der Waals surface area contributed by atoms with Gasteiger partial charge in [-0.25, -0.2) is 0 Å². The van der Waals surface area contributed by atoms with Gasteiger partial charge in [-0.3, -0.25) is 9.13 Å². The molecule has 0 aliphatic rings. The number of nitrogens with one attached hydrogen (secondary N) is 1. The Kier molecular flexibility index (Phi) is 6.25. The lowest BCUT2D eigenvalue weighted by Crippen LogP contribution is -2.24. The Bertz CT molecular complexity index is 321. The lowest BCUT2D eigenvalue weighted by Gasteiger charge is -2.18. The van der Waals surface area contributed by atoms with Crippen LogP contribution >= 0.6 is 15.2 Å². The van der Waals surface area contributed by atoms with Crippen molar-refractivity contribution in [2.24, 2.45) is 5.73 Å². The van der Waals surface area contributed by atoms with Crippen molar-refractivity contribution in [3.8, 4) is 0 Å². The largest absolute Gasteiger partial charge is 0.403 e. The molecule has 0 spiro atoms. The summed E-state index contributed by atoms with van der Waals surface area (Å²) >= 11 is 0. The van der Waals surface area contributed by atoms with Gasteiger partial charge in [0.1, 0.15) is 5.78 Å². The molecule has 0 fully saturated rings. The van der Waals surface area contributed by atoms with Gasteiger partial charge in [-0.05, 0) is 12.8 Å². The summed E-state index contributed by atoms with van der Waals surface area (Å²) in [6, 6.07) is 0. The van der Waals surface area contributed by atoms with Crippen molar-refractivity contribution in [3.05, 3.63) is 12.4 Å². The monoisotopic (exact) mass is 274 g/mol. The summed E-state index contributed by atoms with van der Waals surface area (Å²) in [4.78, 5) is 35.0. The van der Waals surface area contributed by atoms with Crippen LogP contribution in [0.4, 0.5) is 0 Å². The fourth-order valence-electron chi connectivity index (χ4n) is 1.01. The second kappa shape index (κ2) is 6.39. The SMILES string of the molecule is NC=CNC(CCCP(=O)(O)O)P(=O)(O)O. The molecule has 16 heavy (non-hydrogen) atoms. The van der Waals surface area contributed by atoms with Crippen molar-refractivity contribution >= 4 is 15.2 Å². The van der Waals surface area contributed by atoms with Gasteiger partial charge >= 0.3 is 15.2 Å². The molecule has 0 aromatic heterocycles. The molecule has 1 unspecified atom stereocenters. The number of nitrogens with two attached hydrogens (primary N) is 1. The Balaban J connectivity index is 4.24. The van der Waals surface area contributed by atoms with Crippen LogP contribution in [-0.2, 0) is 9.13 Å². The Hall–Kier alpha value is -0.360. The van der Waals surface area contributed by atoms with Crippen LogP contribution in [0.15, 0.2) is 12.4 Å². The van der Waals surface area contributed by atoms with Gasteiger partial charge in [-0.15, -0.1) is 0 Å². The zero-order valence-corrected chi connectivity index (χ0v) is 10.2. The Morgan fingerprint density at radius 1 is 1.25 bits per heavy atom. The minimum atomic E-state index is -4.36. The first-order chi connectivity index (χ1) is 7.17. The van der Waals surface area contributed by atoms with Gasteiger partial charge in [-0.1, -0.05) is 0 Å². The van der Waals surface area contributed by atoms with Gasteiger partial charge in [0.2, 0.25) is 0 Å². The summed E-state index contributed by atoms with van der Waals surface area (Å²) in [6.45, 7) is 0. The van der Waals surface area contributed by atoms with Crippen molar-refractivity contribution in [3.63, 3.8) is 0 Å². The zero-order valence-electron chi connectivity index (χ0n) is 8.43. The molecular formula is C6H16N2O6P2. The molecule has 8 nitrogen and oxygen atoms in total. The average Bonchev–Trinajstić information content (AvgIpc) is 2.06. The molecular weight excluding hydrogens is 258 g/mol. The molecule has 0 saturated carbocycles. The number of rotatable bonds is 7. The maximum atomic E-state index is 11.0. The molecule has 0 amide bonds. The Morgan fingerprint density at radius 3 is 2.19 bits per heavy atom. The van der Waals surface area contributed by atoms with Crippen LogP contribution in [0.1, 0.15) is 12.8 Å². The summed E-state index contributed by atoms with van der Waals surface area (Å²) < 4.78 is 21.5. The number of hydrogen-bond donors (Lipinski definition) is 6. The smallest absolute Gasteiger partial charge is 0.347 e. The lowest BCUT2D eigenvalue weighted by molar-refractivity contribution is 0.343. The third-order valence-electron chi connectivity index (χ3n) is 1.72. The third kappa shape index (κ3) is 7.87. The average molecular weight is 274 g/mol. The molecule has 0 aliphatic heterocycles. The van der Waals surface area contributed by atoms with E-state index in [1.54, 1.807) is 0 Å². The third-order valence-corrected chi connectivity index (χ3v) is 3.84. The van der Waals surface area contributed by atoms with E-state index in [-0.39, 0.29) is 12.8 Å². The van der Waals surface area contributed by atoms with Crippen LogP contribution in [-0.4, -0.2) is 31.5 Å². The predicted octanol–water partition coefficient (Wildman–Crippen LogP) is -0.532. The van der Waals surface area contributed by atoms with Crippen molar-refractivity contribution in [2.75, 3.05) is 6.16 Å². The van der Waals surface area contributed by atoms with Crippen molar-refractivity contribution in [2.45, 2.75) is 18.6 Å². The van der Waals surface area contributed by atoms with Gasteiger partial charge in [0, 0.05) is 18.6 Å². The van der Waals surface area contributed by atoms with E-state index < -0.39 is 27.1 Å². The van der Waals surface area contributed by atoms with Crippen LogP contribution in [0, 0.1) is 0 Å². The topological polar surface area (TPSA) is 153 Å². The molecule has 0 bridgehead atoms. The van der Waals surface area contributed by atoms with Gasteiger partial charge in [0.25, 0.3) is 0 Å². The first-order valence-corrected chi connectivity index (χ1v) is 7.87. The van der Waals surface area contributed by atoms with Crippen molar-refractivity contribution in [1.82, 2.24) is 5.32 Å². The van der Waals surface area contributed by atoms with Gasteiger partial charge in [0.05, 0.1) is 0 Å². The molecule has 0 heterocycles. The maximum Gasteiger partial charge on any atom is 0.347 e. The van der Waals surface area contributed by atoms with Crippen LogP contribution in [0.3, 0.4) is 0 Å². The van der Waals surface area contributed by atoms with E-state index in [1.165, 1.54) is 6.20 Å². The molecule has 0 aliphatic carbocycles. The fraction of sp³-hybridized carbons (Fsp3) is 0.667. The van der Waals surface area contributed by atoms with Crippen molar-refractivity contribution in [1.29, 1.82) is 0 Å². The minimum absolute atomic E-state index is 0.00542. The molecule has 0 radical (unpaired) electrons. The van der Waals surface area contributed by atoms with Crippen LogP contribution in [0.2, 0.25) is 0 Å². The minimum Gasteiger partial charge on any atom is -0.403 e. The fourth-order valence-corrected chi connectivity index (χ4v) is 2.40. The summed E-state index contributed by atoms with van der Waals surface area (Å²) in [7, 11) is -8.48. The summed E-state index contributed by atoms with van der Waals surface area (Å²) in [5.74, 6) is -1.18. The highest BCUT2D eigenvalue weighted by molar-refractivity contribution is 7.52. The molecule has 0 rings (SSSR count). The maximum absolute atomic E-state index is 11.0. The van der Waals surface area contributed by atoms with Crippen LogP contribution in [0.5, 0.6) is 0 Å². The van der Waals surface area contributed by atoms with Gasteiger partial charge in [-0.2, -0.15) is 0 Å². The molecule has 96 valence electrons. The molecule has 7 N–H and O–H groups in total. The van der Waals surface area contributed by atoms with Crippen molar-refractivity contribution < 1.29 is 28.7 Å². The molecule has 0 aromatic rings. The van der Waals surface area contributed by atoms with Crippen LogP contribution < -0.4 is 11.1 Å². The Morgan fingerprint density at radius 2 is 1.81 bits per heavy atom. The summed E-state index contributed by atoms with van der Waals surface area (Å²) in [6.07, 6.45) is 1.79. The van der Waals surface area contributed by atoms with Crippen LogP contribution in [0.25, 0.3) is 0 Å². The van der Waals surface area contributed by atoms with E-state index in [9.17, 15) is 9.13 Å². The molecule has 0 saturated heterocycles. The molecule has 0 aromatic carbocycles. The quantitative estimate of drug-likeness (QED) is 0.338. The molecule has 1 atom stereocenters. The second-order valence-corrected chi connectivity index (χ2v) is 6.74. The van der Waals surface area contributed by atoms with Gasteiger partial charge < -0.3 is 30.6 Å². The second-order valence-electron chi connectivity index (χ2n) is 3.16. The van der Waals surface area contributed by atoms with E-state index in [0.717, 1.165) is 6.20 Å². The highest BCUT2D eigenvalue weighted by Crippen LogP contribution is 2.43. The first-order valence-electron chi connectivity index (χ1n) is 4.39. The highest BCUT2D eigenvalue weighted by Gasteiger charge is 2.28. The normalized spacial score (nSPS) is 15.2.